The number of pyridine rings is 1. The lowest BCUT2D eigenvalue weighted by molar-refractivity contribution is -0.274. The molecule has 44 heavy (non-hydrogen) atoms. The number of rotatable bonds is 11. The van der Waals surface area contributed by atoms with Crippen LogP contribution in [-0.2, 0) is 23.5 Å². The van der Waals surface area contributed by atoms with Crippen molar-refractivity contribution in [1.29, 1.82) is 0 Å². The van der Waals surface area contributed by atoms with Crippen molar-refractivity contribution in [3.05, 3.63) is 106 Å². The number of alkyl halides is 3. The molecule has 3 aromatic carbocycles. The van der Waals surface area contributed by atoms with Crippen molar-refractivity contribution in [3.63, 3.8) is 0 Å². The van der Waals surface area contributed by atoms with Crippen molar-refractivity contribution >= 4 is 31.8 Å². The van der Waals surface area contributed by atoms with Gasteiger partial charge >= 0.3 is 6.36 Å². The van der Waals surface area contributed by atoms with Gasteiger partial charge in [0.05, 0.1) is 22.8 Å². The van der Waals surface area contributed by atoms with Crippen molar-refractivity contribution in [2.24, 2.45) is 7.05 Å². The lowest BCUT2D eigenvalue weighted by Gasteiger charge is -2.22. The molecule has 1 unspecified atom stereocenters. The number of unbranched alkanes of at least 4 members (excludes halogenated alkanes) is 1. The SMILES string of the molecule is CCCCS(=O)(=O)NCCc1c(C(c2ccc(OC(F)(F)F)cc2)c2c(O)c3ccccc3n(C)c2=O)[nH]c2ccccc12. The van der Waals surface area contributed by atoms with Gasteiger partial charge in [-0.25, -0.2) is 13.1 Å². The molecule has 3 N–H and O–H groups in total. The van der Waals surface area contributed by atoms with E-state index in [0.717, 1.165) is 23.9 Å². The van der Waals surface area contributed by atoms with Crippen LogP contribution >= 0.6 is 0 Å². The van der Waals surface area contributed by atoms with E-state index in [4.69, 9.17) is 0 Å². The third-order valence-corrected chi connectivity index (χ3v) is 9.12. The van der Waals surface area contributed by atoms with Gasteiger partial charge < -0.3 is 19.4 Å². The average Bonchev–Trinajstić information content (AvgIpc) is 3.34. The fourth-order valence-corrected chi connectivity index (χ4v) is 6.80. The van der Waals surface area contributed by atoms with Crippen LogP contribution in [0, 0.1) is 0 Å². The van der Waals surface area contributed by atoms with Gasteiger partial charge in [0.15, 0.2) is 0 Å². The lowest BCUT2D eigenvalue weighted by Crippen LogP contribution is -2.29. The van der Waals surface area contributed by atoms with E-state index in [9.17, 15) is 31.5 Å². The fourth-order valence-electron chi connectivity index (χ4n) is 5.58. The van der Waals surface area contributed by atoms with Crippen molar-refractivity contribution in [2.45, 2.75) is 38.5 Å². The standard InChI is InChI=1S/C32H32F3N3O5S/c1-3-4-19-44(41,42)36-18-17-23-22-9-5-7-11-25(22)37-29(23)27(20-13-15-21(16-14-20)43-32(33,34)35)28-30(39)24-10-6-8-12-26(24)38(2)31(28)40/h5-16,27,36-37,39H,3-4,17-19H2,1-2H3. The average molecular weight is 628 g/mol. The Balaban J connectivity index is 1.71. The maximum atomic E-state index is 13.9. The van der Waals surface area contributed by atoms with Crippen LogP contribution in [0.2, 0.25) is 0 Å². The Kier molecular flexibility index (Phi) is 8.76. The molecule has 12 heteroatoms. The second kappa shape index (κ2) is 12.4. The number of halogens is 3. The summed E-state index contributed by atoms with van der Waals surface area (Å²) < 4.78 is 72.0. The number of aromatic hydroxyl groups is 1. The van der Waals surface area contributed by atoms with Crippen LogP contribution in [0.4, 0.5) is 13.2 Å². The first-order valence-electron chi connectivity index (χ1n) is 14.1. The van der Waals surface area contributed by atoms with Crippen LogP contribution in [0.25, 0.3) is 21.8 Å². The van der Waals surface area contributed by atoms with Crippen molar-refractivity contribution in [2.75, 3.05) is 12.3 Å². The van der Waals surface area contributed by atoms with E-state index in [1.165, 1.54) is 16.7 Å². The number of hydrogen-bond donors (Lipinski definition) is 3. The lowest BCUT2D eigenvalue weighted by atomic mass is 9.85. The van der Waals surface area contributed by atoms with Crippen LogP contribution < -0.4 is 15.0 Å². The summed E-state index contributed by atoms with van der Waals surface area (Å²) in [5, 5.41) is 12.8. The molecule has 232 valence electrons. The smallest absolute Gasteiger partial charge is 0.507 e. The van der Waals surface area contributed by atoms with E-state index in [2.05, 4.69) is 14.4 Å². The molecular weight excluding hydrogens is 595 g/mol. The number of aromatic nitrogens is 2. The monoisotopic (exact) mass is 627 g/mol. The molecule has 0 amide bonds. The van der Waals surface area contributed by atoms with E-state index < -0.39 is 33.6 Å². The maximum absolute atomic E-state index is 13.9. The predicted octanol–water partition coefficient (Wildman–Crippen LogP) is 6.07. The molecule has 0 aliphatic carbocycles. The highest BCUT2D eigenvalue weighted by Crippen LogP contribution is 2.41. The summed E-state index contributed by atoms with van der Waals surface area (Å²) in [5.41, 5.74) is 2.37. The first-order chi connectivity index (χ1) is 20.9. The molecule has 2 heterocycles. The van der Waals surface area contributed by atoms with E-state index >= 15 is 0 Å². The van der Waals surface area contributed by atoms with Gasteiger partial charge in [-0.15, -0.1) is 13.2 Å². The molecule has 2 aromatic heterocycles. The molecule has 5 rings (SSSR count). The molecule has 0 spiro atoms. The number of fused-ring (bicyclic) bond motifs is 2. The minimum absolute atomic E-state index is 0.000214. The predicted molar refractivity (Wildman–Crippen MR) is 164 cm³/mol. The zero-order chi connectivity index (χ0) is 31.6. The fraction of sp³-hybridized carbons (Fsp3) is 0.281. The molecule has 8 nitrogen and oxygen atoms in total. The number of aryl methyl sites for hydroxylation is 1. The molecule has 0 saturated carbocycles. The zero-order valence-electron chi connectivity index (χ0n) is 24.1. The molecule has 0 saturated heterocycles. The van der Waals surface area contributed by atoms with Gasteiger partial charge in [0.2, 0.25) is 10.0 Å². The highest BCUT2D eigenvalue weighted by molar-refractivity contribution is 7.89. The van der Waals surface area contributed by atoms with Gasteiger partial charge in [-0.05, 0) is 54.3 Å². The quantitative estimate of drug-likeness (QED) is 0.165. The van der Waals surface area contributed by atoms with Crippen LogP contribution in [0.3, 0.4) is 0 Å². The van der Waals surface area contributed by atoms with Gasteiger partial charge in [0, 0.05) is 35.6 Å². The molecule has 0 aliphatic rings. The normalized spacial score (nSPS) is 13.0. The Hall–Kier alpha value is -4.29. The molecule has 0 fully saturated rings. The van der Waals surface area contributed by atoms with Gasteiger partial charge in [-0.3, -0.25) is 4.79 Å². The summed E-state index contributed by atoms with van der Waals surface area (Å²) in [6.07, 6.45) is -3.39. The van der Waals surface area contributed by atoms with Gasteiger partial charge in [0.1, 0.15) is 11.5 Å². The Bertz CT molecular complexity index is 1970. The third kappa shape index (κ3) is 6.46. The van der Waals surface area contributed by atoms with Crippen molar-refractivity contribution in [1.82, 2.24) is 14.3 Å². The highest BCUT2D eigenvalue weighted by atomic mass is 32.2. The summed E-state index contributed by atoms with van der Waals surface area (Å²) in [4.78, 5) is 17.3. The molecule has 0 bridgehead atoms. The number of hydrogen-bond acceptors (Lipinski definition) is 5. The van der Waals surface area contributed by atoms with E-state index in [1.807, 2.05) is 31.2 Å². The number of benzene rings is 3. The Labute approximate surface area is 252 Å². The number of H-pyrrole nitrogens is 1. The molecule has 1 atom stereocenters. The number of ether oxygens (including phenoxy) is 1. The molecular formula is C32H32F3N3O5S. The maximum Gasteiger partial charge on any atom is 0.573 e. The zero-order valence-corrected chi connectivity index (χ0v) is 24.9. The van der Waals surface area contributed by atoms with Crippen molar-refractivity contribution in [3.8, 4) is 11.5 Å². The minimum atomic E-state index is -4.89. The van der Waals surface area contributed by atoms with Crippen molar-refractivity contribution < 1.29 is 31.4 Å². The molecule has 0 aliphatic heterocycles. The topological polar surface area (TPSA) is 113 Å². The number of nitrogens with zero attached hydrogens (tertiary/aromatic N) is 1. The van der Waals surface area contributed by atoms with Gasteiger partial charge in [-0.1, -0.05) is 55.8 Å². The first-order valence-corrected chi connectivity index (χ1v) is 15.8. The van der Waals surface area contributed by atoms with Crippen LogP contribution in [0.5, 0.6) is 11.5 Å². The van der Waals surface area contributed by atoms with Crippen LogP contribution in [-0.4, -0.2) is 41.7 Å². The third-order valence-electron chi connectivity index (χ3n) is 7.65. The molecule has 5 aromatic rings. The van der Waals surface area contributed by atoms with E-state index in [-0.39, 0.29) is 30.0 Å². The number of nitrogens with one attached hydrogen (secondary N) is 2. The van der Waals surface area contributed by atoms with E-state index in [0.29, 0.717) is 39.7 Å². The summed E-state index contributed by atoms with van der Waals surface area (Å²) >= 11 is 0. The molecule has 0 radical (unpaired) electrons. The Morgan fingerprint density at radius 1 is 1.00 bits per heavy atom. The van der Waals surface area contributed by atoms with Crippen LogP contribution in [0.15, 0.2) is 77.6 Å². The highest BCUT2D eigenvalue weighted by Gasteiger charge is 2.33. The van der Waals surface area contributed by atoms with Gasteiger partial charge in [0.25, 0.3) is 5.56 Å². The second-order valence-electron chi connectivity index (χ2n) is 10.6. The summed E-state index contributed by atoms with van der Waals surface area (Å²) in [5.74, 6) is -1.65. The van der Waals surface area contributed by atoms with Gasteiger partial charge in [-0.2, -0.15) is 0 Å². The largest absolute Gasteiger partial charge is 0.573 e. The second-order valence-corrected chi connectivity index (χ2v) is 12.5. The Morgan fingerprint density at radius 3 is 2.34 bits per heavy atom. The summed E-state index contributed by atoms with van der Waals surface area (Å²) in [6, 6.07) is 19.4. The summed E-state index contributed by atoms with van der Waals surface area (Å²) in [7, 11) is -1.92. The Morgan fingerprint density at radius 2 is 1.66 bits per heavy atom. The minimum Gasteiger partial charge on any atom is -0.507 e. The number of para-hydroxylation sites is 2. The van der Waals surface area contributed by atoms with Crippen LogP contribution in [0.1, 0.15) is 48.1 Å². The summed E-state index contributed by atoms with van der Waals surface area (Å²) in [6.45, 7) is 1.98. The number of sulfonamides is 1. The van der Waals surface area contributed by atoms with E-state index in [1.54, 1.807) is 31.3 Å². The first kappa shape index (κ1) is 31.1. The number of aromatic amines is 1.